The third kappa shape index (κ3) is 10.7. The van der Waals surface area contributed by atoms with Gasteiger partial charge in [0.15, 0.2) is 0 Å². The molecule has 0 radical (unpaired) electrons. The van der Waals surface area contributed by atoms with Crippen molar-refractivity contribution in [3.05, 3.63) is 36.0 Å². The predicted molar refractivity (Wildman–Crippen MR) is 147 cm³/mol. The van der Waals surface area contributed by atoms with Crippen molar-refractivity contribution in [2.45, 2.75) is 70.1 Å². The molecule has 0 saturated heterocycles. The average molecular weight is 561 g/mol. The van der Waals surface area contributed by atoms with Crippen molar-refractivity contribution in [2.24, 2.45) is 11.8 Å². The molecular formula is C25H39Cl2N5O3S. The van der Waals surface area contributed by atoms with E-state index in [1.54, 1.807) is 0 Å². The van der Waals surface area contributed by atoms with Gasteiger partial charge in [0.25, 0.3) is 11.1 Å². The monoisotopic (exact) mass is 559 g/mol. The molecule has 0 spiro atoms. The molecule has 0 aliphatic heterocycles. The quantitative estimate of drug-likeness (QED) is 0.274. The normalized spacial score (nSPS) is 14.7. The summed E-state index contributed by atoms with van der Waals surface area (Å²) in [6.45, 7) is 5.82. The minimum Gasteiger partial charge on any atom is -0.408 e. The zero-order valence-electron chi connectivity index (χ0n) is 21.4. The first-order chi connectivity index (χ1) is 16.4. The van der Waals surface area contributed by atoms with Crippen LogP contribution in [-0.4, -0.2) is 63.7 Å². The minimum atomic E-state index is -0.634. The van der Waals surface area contributed by atoms with Gasteiger partial charge in [-0.15, -0.1) is 35.0 Å². The molecule has 1 aliphatic rings. The Morgan fingerprint density at radius 3 is 2.56 bits per heavy atom. The lowest BCUT2D eigenvalue weighted by atomic mass is 9.88. The lowest BCUT2D eigenvalue weighted by Crippen LogP contribution is -2.45. The molecule has 2 aromatic rings. The van der Waals surface area contributed by atoms with Gasteiger partial charge in [0.05, 0.1) is 6.04 Å². The number of ketones is 1. The van der Waals surface area contributed by atoms with E-state index in [-0.39, 0.29) is 54.2 Å². The average Bonchev–Trinajstić information content (AvgIpc) is 3.31. The second-order valence-electron chi connectivity index (χ2n) is 9.49. The van der Waals surface area contributed by atoms with Gasteiger partial charge in [0, 0.05) is 43.1 Å². The van der Waals surface area contributed by atoms with Crippen LogP contribution in [0.2, 0.25) is 0 Å². The highest BCUT2D eigenvalue weighted by molar-refractivity contribution is 7.99. The van der Waals surface area contributed by atoms with Crippen LogP contribution in [0.1, 0.15) is 68.8 Å². The highest BCUT2D eigenvalue weighted by Crippen LogP contribution is 2.24. The maximum atomic E-state index is 13.1. The number of aromatic nitrogens is 3. The Morgan fingerprint density at radius 1 is 1.14 bits per heavy atom. The lowest BCUT2D eigenvalue weighted by Gasteiger charge is -2.24. The van der Waals surface area contributed by atoms with Crippen molar-refractivity contribution in [1.29, 1.82) is 0 Å². The molecule has 2 aromatic heterocycles. The van der Waals surface area contributed by atoms with Gasteiger partial charge in [-0.05, 0) is 44.4 Å². The van der Waals surface area contributed by atoms with Crippen LogP contribution in [0.25, 0.3) is 0 Å². The SMILES string of the molecule is CC(C)CC(NC(=O)C1CCCCC1)C(=O)c1nnc(SCCN(C)CCc2ccccn2)o1.Cl.Cl. The third-order valence-corrected chi connectivity index (χ3v) is 6.91. The van der Waals surface area contributed by atoms with E-state index in [0.717, 1.165) is 56.6 Å². The van der Waals surface area contributed by atoms with Crippen LogP contribution in [0, 0.1) is 11.8 Å². The van der Waals surface area contributed by atoms with Crippen LogP contribution in [0.4, 0.5) is 0 Å². The summed E-state index contributed by atoms with van der Waals surface area (Å²) in [5, 5.41) is 11.4. The number of halogens is 2. The number of hydrogen-bond acceptors (Lipinski definition) is 8. The maximum Gasteiger partial charge on any atom is 0.286 e. The molecule has 2 heterocycles. The van der Waals surface area contributed by atoms with E-state index in [4.69, 9.17) is 4.42 Å². The molecule has 11 heteroatoms. The van der Waals surface area contributed by atoms with Crippen molar-refractivity contribution in [3.8, 4) is 0 Å². The summed E-state index contributed by atoms with van der Waals surface area (Å²) < 4.78 is 5.66. The summed E-state index contributed by atoms with van der Waals surface area (Å²) in [6, 6.07) is 5.32. The Morgan fingerprint density at radius 2 is 1.89 bits per heavy atom. The first-order valence-corrected chi connectivity index (χ1v) is 13.3. The Balaban J connectivity index is 0.00000324. The molecule has 1 aliphatic carbocycles. The van der Waals surface area contributed by atoms with E-state index in [2.05, 4.69) is 32.4 Å². The van der Waals surface area contributed by atoms with Crippen molar-refractivity contribution in [3.63, 3.8) is 0 Å². The number of hydrogen-bond donors (Lipinski definition) is 1. The number of pyridine rings is 1. The number of amides is 1. The molecule has 0 aromatic carbocycles. The second-order valence-corrected chi connectivity index (χ2v) is 10.5. The fourth-order valence-electron chi connectivity index (χ4n) is 4.13. The Hall–Kier alpha value is -1.68. The van der Waals surface area contributed by atoms with Crippen LogP contribution in [0.5, 0.6) is 0 Å². The highest BCUT2D eigenvalue weighted by atomic mass is 35.5. The summed E-state index contributed by atoms with van der Waals surface area (Å²) in [6.07, 6.45) is 8.37. The van der Waals surface area contributed by atoms with E-state index in [0.29, 0.717) is 11.6 Å². The first-order valence-electron chi connectivity index (χ1n) is 12.3. The number of Topliss-reactive ketones (excluding diaryl/α,β-unsaturated/α-hetero) is 1. The largest absolute Gasteiger partial charge is 0.408 e. The van der Waals surface area contributed by atoms with Crippen molar-refractivity contribution in [2.75, 3.05) is 25.9 Å². The minimum absolute atomic E-state index is 0. The molecule has 1 fully saturated rings. The van der Waals surface area contributed by atoms with Gasteiger partial charge in [-0.2, -0.15) is 0 Å². The van der Waals surface area contributed by atoms with Crippen molar-refractivity contribution in [1.82, 2.24) is 25.4 Å². The molecule has 1 N–H and O–H groups in total. The zero-order valence-corrected chi connectivity index (χ0v) is 23.8. The number of likely N-dealkylation sites (N-methyl/N-ethyl adjacent to an activating group) is 1. The van der Waals surface area contributed by atoms with Crippen molar-refractivity contribution < 1.29 is 14.0 Å². The van der Waals surface area contributed by atoms with Crippen LogP contribution in [-0.2, 0) is 11.2 Å². The zero-order chi connectivity index (χ0) is 24.3. The van der Waals surface area contributed by atoms with Crippen LogP contribution in [0.3, 0.4) is 0 Å². The van der Waals surface area contributed by atoms with E-state index in [1.807, 2.05) is 38.2 Å². The third-order valence-electron chi connectivity index (χ3n) is 6.11. The molecule has 0 bridgehead atoms. The van der Waals surface area contributed by atoms with Gasteiger partial charge in [-0.3, -0.25) is 14.6 Å². The number of thioether (sulfide) groups is 1. The van der Waals surface area contributed by atoms with E-state index in [1.165, 1.54) is 18.2 Å². The summed E-state index contributed by atoms with van der Waals surface area (Å²) in [5.41, 5.74) is 1.08. The Kier molecular flexibility index (Phi) is 15.2. The van der Waals surface area contributed by atoms with Gasteiger partial charge in [-0.1, -0.05) is 50.9 Å². The molecular weight excluding hydrogens is 521 g/mol. The van der Waals surface area contributed by atoms with Gasteiger partial charge in [0.1, 0.15) is 0 Å². The molecule has 1 unspecified atom stereocenters. The maximum absolute atomic E-state index is 13.1. The molecule has 1 atom stereocenters. The van der Waals surface area contributed by atoms with Gasteiger partial charge in [-0.25, -0.2) is 0 Å². The smallest absolute Gasteiger partial charge is 0.286 e. The van der Waals surface area contributed by atoms with Crippen molar-refractivity contribution >= 4 is 48.3 Å². The second kappa shape index (κ2) is 16.9. The van der Waals surface area contributed by atoms with Gasteiger partial charge < -0.3 is 14.6 Å². The van der Waals surface area contributed by atoms with Gasteiger partial charge >= 0.3 is 0 Å². The van der Waals surface area contributed by atoms with Gasteiger partial charge in [0.2, 0.25) is 11.7 Å². The van der Waals surface area contributed by atoms with E-state index >= 15 is 0 Å². The topological polar surface area (TPSA) is 101 Å². The molecule has 1 amide bonds. The molecule has 8 nitrogen and oxygen atoms in total. The Bertz CT molecular complexity index is 910. The molecule has 202 valence electrons. The number of carbonyl (C=O) groups excluding carboxylic acids is 2. The number of nitrogens with zero attached hydrogens (tertiary/aromatic N) is 4. The number of nitrogens with one attached hydrogen (secondary N) is 1. The summed E-state index contributed by atoms with van der Waals surface area (Å²) in [4.78, 5) is 32.4. The fourth-order valence-corrected chi connectivity index (χ4v) is 4.94. The predicted octanol–water partition coefficient (Wildman–Crippen LogP) is 4.87. The summed E-state index contributed by atoms with van der Waals surface area (Å²) in [7, 11) is 2.07. The fraction of sp³-hybridized carbons (Fsp3) is 0.640. The standard InChI is InChI=1S/C25H37N5O3S.2ClH/c1-18(2)17-21(27-23(32)19-9-5-4-6-10-19)22(31)24-28-29-25(33-24)34-16-15-30(3)14-12-20-11-7-8-13-26-20;;/h7-8,11,13,18-19,21H,4-6,9-10,12,14-17H2,1-3H3,(H,27,32);2*1H. The molecule has 3 rings (SSSR count). The highest BCUT2D eigenvalue weighted by Gasteiger charge is 2.30. The van der Waals surface area contributed by atoms with Crippen LogP contribution in [0.15, 0.2) is 34.0 Å². The molecule has 1 saturated carbocycles. The summed E-state index contributed by atoms with van der Waals surface area (Å²) in [5.74, 6) is 0.660. The van der Waals surface area contributed by atoms with E-state index < -0.39 is 6.04 Å². The number of rotatable bonds is 13. The van der Waals surface area contributed by atoms with Crippen LogP contribution < -0.4 is 5.32 Å². The lowest BCUT2D eigenvalue weighted by molar-refractivity contribution is -0.126. The number of carbonyl (C=O) groups is 2. The van der Waals surface area contributed by atoms with E-state index in [9.17, 15) is 9.59 Å². The first kappa shape index (κ1) is 32.3. The Labute approximate surface area is 231 Å². The van der Waals surface area contributed by atoms with Crippen LogP contribution >= 0.6 is 36.6 Å². The summed E-state index contributed by atoms with van der Waals surface area (Å²) >= 11 is 1.43. The molecule has 36 heavy (non-hydrogen) atoms.